The van der Waals surface area contributed by atoms with Crippen LogP contribution in [0.2, 0.25) is 0 Å². The summed E-state index contributed by atoms with van der Waals surface area (Å²) in [5.74, 6) is 0. The minimum absolute atomic E-state index is 0.708. The molecule has 0 saturated heterocycles. The highest BCUT2D eigenvalue weighted by Gasteiger charge is 2.25. The van der Waals surface area contributed by atoms with Crippen LogP contribution in [0.3, 0.4) is 0 Å². The second kappa shape index (κ2) is 8.85. The maximum absolute atomic E-state index is 12.5. The first kappa shape index (κ1) is 21.6. The molecule has 0 bridgehead atoms. The number of fused-ring (bicyclic) bond motifs is 2. The van der Waals surface area contributed by atoms with Gasteiger partial charge in [-0.3, -0.25) is 0 Å². The highest BCUT2D eigenvalue weighted by molar-refractivity contribution is 7.93. The Morgan fingerprint density at radius 3 is 2.19 bits per heavy atom. The summed E-state index contributed by atoms with van der Waals surface area (Å²) in [7, 11) is 0.0830. The van der Waals surface area contributed by atoms with Gasteiger partial charge in [0.05, 0.1) is 5.41 Å². The number of carbonyl (C=O) groups is 1. The van der Waals surface area contributed by atoms with Crippen LogP contribution < -0.4 is 10.0 Å². The highest BCUT2D eigenvalue weighted by Crippen LogP contribution is 2.38. The van der Waals surface area contributed by atoms with Gasteiger partial charge in [0.2, 0.25) is 0 Å². The third-order valence-corrected chi connectivity index (χ3v) is 6.83. The number of rotatable bonds is 6. The summed E-state index contributed by atoms with van der Waals surface area (Å²) in [6.45, 7) is 0.816. The number of hydrogen-bond acceptors (Lipinski definition) is 4. The molecule has 164 valence electrons. The van der Waals surface area contributed by atoms with Crippen molar-refractivity contribution in [3.05, 3.63) is 69.1 Å². The van der Waals surface area contributed by atoms with E-state index in [1.165, 1.54) is 28.3 Å². The average Bonchev–Trinajstić information content (AvgIpc) is 3.35. The first-order valence-corrected chi connectivity index (χ1v) is 12.3. The Morgan fingerprint density at radius 1 is 1.00 bits per heavy atom. The number of sulfonamides is 1. The molecule has 0 atom stereocenters. The number of benzene rings is 2. The molecule has 0 unspecified atom stereocenters. The van der Waals surface area contributed by atoms with Gasteiger partial charge in [-0.2, -0.15) is 0 Å². The molecule has 4 rings (SSSR count). The molecular weight excluding hydrogens is 410 g/mol. The second-order valence-electron chi connectivity index (χ2n) is 8.62. The normalized spacial score (nSPS) is 15.3. The fourth-order valence-corrected chi connectivity index (χ4v) is 5.25. The van der Waals surface area contributed by atoms with Crippen molar-refractivity contribution in [2.24, 2.45) is 0 Å². The Balaban J connectivity index is 1.44. The quantitative estimate of drug-likeness (QED) is 0.717. The van der Waals surface area contributed by atoms with E-state index in [1.54, 1.807) is 0 Å². The summed E-state index contributed by atoms with van der Waals surface area (Å²) in [5, 5.41) is 3.89. The zero-order valence-corrected chi connectivity index (χ0v) is 18.9. The van der Waals surface area contributed by atoms with E-state index in [2.05, 4.69) is 21.0 Å². The summed E-state index contributed by atoms with van der Waals surface area (Å²) in [6, 6.07) is 9.21. The lowest BCUT2D eigenvalue weighted by molar-refractivity contribution is 0.256. The van der Waals surface area contributed by atoms with E-state index in [0.717, 1.165) is 67.3 Å². The molecule has 2 aliphatic rings. The van der Waals surface area contributed by atoms with E-state index in [4.69, 9.17) is 0 Å². The number of hydrogen-bond donors (Lipinski definition) is 2. The van der Waals surface area contributed by atoms with Gasteiger partial charge in [0.25, 0.3) is 10.0 Å². The van der Waals surface area contributed by atoms with Gasteiger partial charge in [-0.25, -0.2) is 17.9 Å². The maximum Gasteiger partial charge on any atom is 0.333 e. The largest absolute Gasteiger partial charge is 0.333 e. The van der Waals surface area contributed by atoms with Crippen molar-refractivity contribution in [3.63, 3.8) is 0 Å². The predicted octanol–water partition coefficient (Wildman–Crippen LogP) is 3.85. The molecule has 0 radical (unpaired) electrons. The molecule has 2 aliphatic carbocycles. The number of nitrogens with zero attached hydrogens (tertiary/aromatic N) is 1. The van der Waals surface area contributed by atoms with E-state index in [-0.39, 0.29) is 0 Å². The molecule has 2 amide bonds. The van der Waals surface area contributed by atoms with Crippen molar-refractivity contribution in [3.8, 4) is 0 Å². The second-order valence-corrected chi connectivity index (χ2v) is 10.2. The van der Waals surface area contributed by atoms with E-state index >= 15 is 0 Å². The first-order valence-electron chi connectivity index (χ1n) is 10.7. The van der Waals surface area contributed by atoms with Gasteiger partial charge >= 0.3 is 6.03 Å². The van der Waals surface area contributed by atoms with Gasteiger partial charge in [-0.05, 0) is 92.1 Å². The van der Waals surface area contributed by atoms with Crippen molar-refractivity contribution in [1.82, 2.24) is 9.62 Å². The van der Waals surface area contributed by atoms with Gasteiger partial charge in [0.1, 0.15) is 0 Å². The molecule has 0 aliphatic heterocycles. The molecule has 0 saturated carbocycles. The summed E-state index contributed by atoms with van der Waals surface area (Å²) in [6.07, 6.45) is 7.53. The lowest BCUT2D eigenvalue weighted by atomic mass is 9.99. The maximum atomic E-state index is 12.5. The van der Waals surface area contributed by atoms with Crippen LogP contribution in [0.4, 0.5) is 10.5 Å². The van der Waals surface area contributed by atoms with Crippen molar-refractivity contribution in [1.29, 1.82) is 0 Å². The molecule has 0 heterocycles. The highest BCUT2D eigenvalue weighted by atomic mass is 32.2. The molecule has 6 nitrogen and oxygen atoms in total. The van der Waals surface area contributed by atoms with Gasteiger partial charge in [0, 0.05) is 12.2 Å². The standard InChI is InChI=1S/C24H29N3O3S/c1-27(2)16-18-11-9-17(10-12-18)13-14-31(29,30)26-24(28)25-23-21-7-3-5-19(21)15-20-6-4-8-22(20)23/h9-15H,3-8,16H2,1-2H3,(H2,25,26,28)/b14-13+. The van der Waals surface area contributed by atoms with Gasteiger partial charge in [0.15, 0.2) is 0 Å². The third-order valence-electron chi connectivity index (χ3n) is 5.86. The smallest absolute Gasteiger partial charge is 0.307 e. The van der Waals surface area contributed by atoms with Gasteiger partial charge in [-0.15, -0.1) is 0 Å². The molecule has 0 fully saturated rings. The minimum atomic E-state index is -3.91. The molecule has 2 N–H and O–H groups in total. The van der Waals surface area contributed by atoms with Crippen LogP contribution >= 0.6 is 0 Å². The summed E-state index contributed by atoms with van der Waals surface area (Å²) in [5.41, 5.74) is 7.64. The third kappa shape index (κ3) is 5.17. The van der Waals surface area contributed by atoms with Crippen LogP contribution in [-0.2, 0) is 42.3 Å². The Labute approximate surface area is 184 Å². The van der Waals surface area contributed by atoms with E-state index in [9.17, 15) is 13.2 Å². The van der Waals surface area contributed by atoms with Crippen LogP contribution in [0.1, 0.15) is 46.2 Å². The van der Waals surface area contributed by atoms with Crippen LogP contribution in [0, 0.1) is 0 Å². The number of anilines is 1. The molecule has 0 spiro atoms. The molecule has 7 heteroatoms. The van der Waals surface area contributed by atoms with Crippen molar-refractivity contribution in [2.45, 2.75) is 45.1 Å². The van der Waals surface area contributed by atoms with E-state index in [0.29, 0.717) is 0 Å². The number of aryl methyl sites for hydroxylation is 2. The molecule has 31 heavy (non-hydrogen) atoms. The van der Waals surface area contributed by atoms with Crippen LogP contribution in [0.25, 0.3) is 6.08 Å². The zero-order chi connectivity index (χ0) is 22.0. The first-order chi connectivity index (χ1) is 14.8. The number of nitrogens with one attached hydrogen (secondary N) is 2. The summed E-state index contributed by atoms with van der Waals surface area (Å²) < 4.78 is 27.0. The lowest BCUT2D eigenvalue weighted by Crippen LogP contribution is -2.33. The fraction of sp³-hybridized carbons (Fsp3) is 0.375. The van der Waals surface area contributed by atoms with Crippen LogP contribution in [0.5, 0.6) is 0 Å². The average molecular weight is 440 g/mol. The topological polar surface area (TPSA) is 78.5 Å². The Hall–Kier alpha value is -2.64. The predicted molar refractivity (Wildman–Crippen MR) is 124 cm³/mol. The molecule has 0 aromatic heterocycles. The van der Waals surface area contributed by atoms with E-state index < -0.39 is 16.1 Å². The Morgan fingerprint density at radius 2 is 1.61 bits per heavy atom. The van der Waals surface area contributed by atoms with Crippen molar-refractivity contribution < 1.29 is 13.2 Å². The van der Waals surface area contributed by atoms with E-state index in [1.807, 2.05) is 38.4 Å². The van der Waals surface area contributed by atoms with Crippen LogP contribution in [0.15, 0.2) is 35.7 Å². The van der Waals surface area contributed by atoms with Crippen LogP contribution in [-0.4, -0.2) is 33.4 Å². The molecule has 2 aromatic rings. The molecule has 2 aromatic carbocycles. The number of carbonyl (C=O) groups excluding carboxylic acids is 1. The SMILES string of the molecule is CN(C)Cc1ccc(/C=C/S(=O)(=O)NC(=O)Nc2c3c(cc4c2CCC4)CCC3)cc1. The zero-order valence-electron chi connectivity index (χ0n) is 18.1. The van der Waals surface area contributed by atoms with Gasteiger partial charge in [-0.1, -0.05) is 30.3 Å². The Bertz CT molecular complexity index is 1090. The monoisotopic (exact) mass is 439 g/mol. The van der Waals surface area contributed by atoms with Crippen molar-refractivity contribution >= 4 is 27.8 Å². The lowest BCUT2D eigenvalue weighted by Gasteiger charge is -2.16. The minimum Gasteiger partial charge on any atom is -0.307 e. The number of amides is 2. The fourth-order valence-electron chi connectivity index (χ4n) is 4.54. The summed E-state index contributed by atoms with van der Waals surface area (Å²) in [4.78, 5) is 14.6. The van der Waals surface area contributed by atoms with Crippen molar-refractivity contribution in [2.75, 3.05) is 19.4 Å². The number of urea groups is 1. The summed E-state index contributed by atoms with van der Waals surface area (Å²) >= 11 is 0. The Kier molecular flexibility index (Phi) is 6.16. The molecular formula is C24H29N3O3S. The van der Waals surface area contributed by atoms with Gasteiger partial charge < -0.3 is 10.2 Å².